The molecule has 2 aromatic rings. The van der Waals surface area contributed by atoms with Gasteiger partial charge in [0.15, 0.2) is 5.82 Å². The van der Waals surface area contributed by atoms with Crippen LogP contribution in [0, 0.1) is 0 Å². The smallest absolute Gasteiger partial charge is 0.407 e. The Kier molecular flexibility index (Phi) is 9.57. The molecule has 1 atom stereocenters. The summed E-state index contributed by atoms with van der Waals surface area (Å²) in [6, 6.07) is 9.15. The molecule has 0 aliphatic heterocycles. The summed E-state index contributed by atoms with van der Waals surface area (Å²) >= 11 is 6.05. The first-order chi connectivity index (χ1) is 14.9. The number of hydrogen-bond acceptors (Lipinski definition) is 7. The number of esters is 1. The highest BCUT2D eigenvalue weighted by Gasteiger charge is 2.18. The van der Waals surface area contributed by atoms with Gasteiger partial charge in [-0.15, -0.1) is 0 Å². The molecule has 1 heterocycles. The topological polar surface area (TPSA) is 112 Å². The summed E-state index contributed by atoms with van der Waals surface area (Å²) in [7, 11) is 0. The zero-order chi connectivity index (χ0) is 22.6. The maximum atomic E-state index is 12.8. The van der Waals surface area contributed by atoms with E-state index in [4.69, 9.17) is 21.1 Å². The minimum absolute atomic E-state index is 0.00381. The molecule has 9 nitrogen and oxygen atoms in total. The molecule has 0 saturated carbocycles. The number of rotatable bonds is 11. The van der Waals surface area contributed by atoms with Crippen molar-refractivity contribution < 1.29 is 19.1 Å². The van der Waals surface area contributed by atoms with Crippen LogP contribution in [0.25, 0.3) is 0 Å². The average molecular weight is 449 g/mol. The van der Waals surface area contributed by atoms with Gasteiger partial charge in [-0.05, 0) is 18.9 Å². The zero-order valence-corrected chi connectivity index (χ0v) is 17.9. The predicted molar refractivity (Wildman–Crippen MR) is 117 cm³/mol. The second-order valence-corrected chi connectivity index (χ2v) is 6.81. The number of alkyl carbamates (subject to hydrolysis) is 1. The van der Waals surface area contributed by atoms with E-state index in [1.165, 1.54) is 12.3 Å². The van der Waals surface area contributed by atoms with Crippen molar-refractivity contribution in [2.24, 2.45) is 0 Å². The Balaban J connectivity index is 2.20. The number of nitrogens with zero attached hydrogens (tertiary/aromatic N) is 2. The van der Waals surface area contributed by atoms with Crippen molar-refractivity contribution in [2.75, 3.05) is 25.1 Å². The van der Waals surface area contributed by atoms with Crippen LogP contribution in [0.3, 0.4) is 0 Å². The van der Waals surface area contributed by atoms with Crippen LogP contribution in [-0.4, -0.2) is 47.4 Å². The van der Waals surface area contributed by atoms with Crippen LogP contribution in [-0.2, 0) is 27.2 Å². The summed E-state index contributed by atoms with van der Waals surface area (Å²) < 4.78 is 10.9. The molecule has 2 rings (SSSR count). The van der Waals surface area contributed by atoms with E-state index in [9.17, 15) is 14.4 Å². The fourth-order valence-electron chi connectivity index (χ4n) is 2.71. The van der Waals surface area contributed by atoms with Crippen molar-refractivity contribution in [3.63, 3.8) is 0 Å². The average Bonchev–Trinajstić information content (AvgIpc) is 2.76. The number of nitrogens with one attached hydrogen (secondary N) is 2. The van der Waals surface area contributed by atoms with Crippen LogP contribution >= 0.6 is 11.6 Å². The molecule has 166 valence electrons. The summed E-state index contributed by atoms with van der Waals surface area (Å²) in [5.74, 6) is -0.591. The Morgan fingerprint density at radius 3 is 2.71 bits per heavy atom. The fourth-order valence-corrected chi connectivity index (χ4v) is 2.89. The molecule has 1 aromatic carbocycles. The summed E-state index contributed by atoms with van der Waals surface area (Å²) in [6.07, 6.45) is 2.62. The number of carbonyl (C=O) groups excluding carboxylic acids is 2. The number of anilines is 1. The molecule has 31 heavy (non-hydrogen) atoms. The monoisotopic (exact) mass is 448 g/mol. The summed E-state index contributed by atoms with van der Waals surface area (Å²) in [5, 5.41) is 5.69. The second kappa shape index (κ2) is 12.4. The number of benzene rings is 1. The van der Waals surface area contributed by atoms with E-state index in [1.54, 1.807) is 6.92 Å². The highest BCUT2D eigenvalue weighted by Crippen LogP contribution is 2.10. The number of ether oxygens (including phenoxy) is 2. The summed E-state index contributed by atoms with van der Waals surface area (Å²) in [4.78, 5) is 40.5. The highest BCUT2D eigenvalue weighted by atomic mass is 35.5. The third kappa shape index (κ3) is 7.78. The van der Waals surface area contributed by atoms with Crippen LogP contribution in [0.5, 0.6) is 0 Å². The van der Waals surface area contributed by atoms with Gasteiger partial charge in [-0.25, -0.2) is 9.78 Å². The predicted octanol–water partition coefficient (Wildman–Crippen LogP) is 2.40. The molecule has 0 radical (unpaired) electrons. The first kappa shape index (κ1) is 23.9. The van der Waals surface area contributed by atoms with E-state index < -0.39 is 23.7 Å². The lowest BCUT2D eigenvalue weighted by Gasteiger charge is -2.20. The van der Waals surface area contributed by atoms with E-state index in [-0.39, 0.29) is 37.3 Å². The molecule has 1 aromatic heterocycles. The first-order valence-electron chi connectivity index (χ1n) is 9.67. The lowest BCUT2D eigenvalue weighted by atomic mass is 10.1. The Bertz CT molecular complexity index is 949. The largest absolute Gasteiger partial charge is 0.465 e. The molecule has 0 unspecified atom stereocenters. The van der Waals surface area contributed by atoms with Gasteiger partial charge in [-0.1, -0.05) is 54.6 Å². The Morgan fingerprint density at radius 2 is 2.03 bits per heavy atom. The van der Waals surface area contributed by atoms with Crippen molar-refractivity contribution in [3.05, 3.63) is 70.3 Å². The van der Waals surface area contributed by atoms with E-state index in [1.807, 2.05) is 30.3 Å². The minimum atomic E-state index is -0.608. The number of amides is 1. The van der Waals surface area contributed by atoms with Gasteiger partial charge in [0.05, 0.1) is 12.8 Å². The van der Waals surface area contributed by atoms with Gasteiger partial charge in [-0.3, -0.25) is 14.2 Å². The van der Waals surface area contributed by atoms with Crippen molar-refractivity contribution in [3.8, 4) is 0 Å². The van der Waals surface area contributed by atoms with E-state index >= 15 is 0 Å². The molecule has 10 heteroatoms. The van der Waals surface area contributed by atoms with Crippen molar-refractivity contribution in [1.29, 1.82) is 0 Å². The van der Waals surface area contributed by atoms with Crippen molar-refractivity contribution >= 4 is 29.5 Å². The third-order valence-electron chi connectivity index (χ3n) is 4.09. The van der Waals surface area contributed by atoms with Crippen LogP contribution in [0.2, 0.25) is 5.15 Å². The van der Waals surface area contributed by atoms with E-state index in [0.29, 0.717) is 6.42 Å². The van der Waals surface area contributed by atoms with Crippen LogP contribution < -0.4 is 16.2 Å². The molecule has 0 saturated heterocycles. The molecule has 2 N–H and O–H groups in total. The Hall–Kier alpha value is -3.33. The van der Waals surface area contributed by atoms with Crippen molar-refractivity contribution in [2.45, 2.75) is 25.9 Å². The number of hydrogen-bond donors (Lipinski definition) is 2. The number of halogens is 1. The molecular weight excluding hydrogens is 424 g/mol. The Morgan fingerprint density at radius 1 is 1.29 bits per heavy atom. The molecule has 0 aliphatic carbocycles. The third-order valence-corrected chi connectivity index (χ3v) is 4.39. The van der Waals surface area contributed by atoms with Crippen LogP contribution in [0.1, 0.15) is 12.5 Å². The Labute approximate surface area is 185 Å². The van der Waals surface area contributed by atoms with Crippen molar-refractivity contribution in [1.82, 2.24) is 14.9 Å². The number of aromatic nitrogens is 2. The van der Waals surface area contributed by atoms with Gasteiger partial charge >= 0.3 is 12.1 Å². The molecule has 0 spiro atoms. The van der Waals surface area contributed by atoms with Gasteiger partial charge in [0.1, 0.15) is 18.3 Å². The summed E-state index contributed by atoms with van der Waals surface area (Å²) in [6.45, 7) is 5.26. The maximum Gasteiger partial charge on any atom is 0.407 e. The summed E-state index contributed by atoms with van der Waals surface area (Å²) in [5.41, 5.74) is 0.412. The molecule has 0 aliphatic rings. The van der Waals surface area contributed by atoms with Gasteiger partial charge < -0.3 is 20.1 Å². The SMILES string of the molecule is C=CCOC(=O)NC[C@H](Cc1ccccc1)Nc1ncc(Cl)n(CC(=O)OCC)c1=O. The van der Waals surface area contributed by atoms with Crippen LogP contribution in [0.15, 0.2) is 54.0 Å². The van der Waals surface area contributed by atoms with Gasteiger partial charge in [0, 0.05) is 12.6 Å². The lowest BCUT2D eigenvalue weighted by molar-refractivity contribution is -0.143. The molecule has 0 bridgehead atoms. The first-order valence-corrected chi connectivity index (χ1v) is 10.0. The van der Waals surface area contributed by atoms with E-state index in [2.05, 4.69) is 22.2 Å². The fraction of sp³-hybridized carbons (Fsp3) is 0.333. The normalized spacial score (nSPS) is 11.3. The minimum Gasteiger partial charge on any atom is -0.465 e. The zero-order valence-electron chi connectivity index (χ0n) is 17.2. The molecular formula is C21H25ClN4O5. The van der Waals surface area contributed by atoms with Gasteiger partial charge in [0.2, 0.25) is 0 Å². The second-order valence-electron chi connectivity index (χ2n) is 6.42. The molecule has 0 fully saturated rings. The van der Waals surface area contributed by atoms with E-state index in [0.717, 1.165) is 10.1 Å². The van der Waals surface area contributed by atoms with Gasteiger partial charge in [-0.2, -0.15) is 0 Å². The van der Waals surface area contributed by atoms with Gasteiger partial charge in [0.25, 0.3) is 5.56 Å². The number of carbonyl (C=O) groups is 2. The highest BCUT2D eigenvalue weighted by molar-refractivity contribution is 6.29. The molecule has 1 amide bonds. The maximum absolute atomic E-state index is 12.8. The lowest BCUT2D eigenvalue weighted by Crippen LogP contribution is -2.40. The quantitative estimate of drug-likeness (QED) is 0.401. The standard InChI is InChI=1S/C21H25ClN4O5/c1-3-10-31-21(29)24-12-16(11-15-8-6-5-7-9-15)25-19-20(28)26(17(22)13-23-19)14-18(27)30-4-2/h3,5-9,13,16H,1,4,10-12,14H2,2H3,(H,23,25)(H,24,29)/t16-/m0/s1. The van der Waals surface area contributed by atoms with Crippen LogP contribution in [0.4, 0.5) is 10.6 Å².